The Balaban J connectivity index is 2.08. The Hall–Kier alpha value is -1.29. The van der Waals surface area contributed by atoms with Gasteiger partial charge in [-0.05, 0) is 0 Å². The molecule has 0 aromatic heterocycles. The fraction of sp³-hybridized carbons (Fsp3) is 0.750. The Labute approximate surface area is 95.3 Å². The number of carbonyl (C=O) groups is 2. The van der Waals surface area contributed by atoms with Crippen LogP contribution in [-0.2, 0) is 9.53 Å². The second-order valence-corrected chi connectivity index (χ2v) is 3.74. The van der Waals surface area contributed by atoms with Crippen molar-refractivity contribution in [2.24, 2.45) is 0 Å². The number of aliphatic hydroxyl groups is 2. The van der Waals surface area contributed by atoms with Crippen molar-refractivity contribution in [1.82, 2.24) is 15.8 Å². The van der Waals surface area contributed by atoms with Crippen LogP contribution in [0.5, 0.6) is 0 Å². The molecule has 2 heterocycles. The van der Waals surface area contributed by atoms with Gasteiger partial charge in [-0.25, -0.2) is 19.6 Å². The number of hydrogen-bond acceptors (Lipinski definition) is 6. The highest BCUT2D eigenvalue weighted by molar-refractivity contribution is 5.97. The van der Waals surface area contributed by atoms with Crippen molar-refractivity contribution in [3.63, 3.8) is 0 Å². The first-order valence-corrected chi connectivity index (χ1v) is 4.99. The van der Waals surface area contributed by atoms with E-state index in [1.807, 2.05) is 5.32 Å². The van der Waals surface area contributed by atoms with E-state index < -0.39 is 43.2 Å². The average Bonchev–Trinajstić information content (AvgIpc) is 2.57. The first kappa shape index (κ1) is 12.2. The number of urea groups is 1. The van der Waals surface area contributed by atoms with Crippen LogP contribution < -0.4 is 10.7 Å². The van der Waals surface area contributed by atoms with E-state index in [1.54, 1.807) is 0 Å². The number of nitrogens with zero attached hydrogens (tertiary/aromatic N) is 1. The fourth-order valence-corrected chi connectivity index (χ4v) is 1.72. The molecule has 8 nitrogen and oxygen atoms in total. The summed E-state index contributed by atoms with van der Waals surface area (Å²) >= 11 is 0. The van der Waals surface area contributed by atoms with Gasteiger partial charge < -0.3 is 14.9 Å². The minimum Gasteiger partial charge on any atom is -0.394 e. The number of hydrogen-bond donors (Lipinski definition) is 4. The molecule has 0 radical (unpaired) electrons. The molecule has 4 N–H and O–H groups in total. The topological polar surface area (TPSA) is 111 Å². The van der Waals surface area contributed by atoms with E-state index in [4.69, 9.17) is 9.84 Å². The molecular formula is C8H12FN3O5. The molecule has 2 saturated heterocycles. The molecule has 2 rings (SSSR count). The molecule has 96 valence electrons. The van der Waals surface area contributed by atoms with Crippen molar-refractivity contribution in [1.29, 1.82) is 0 Å². The first-order chi connectivity index (χ1) is 8.04. The van der Waals surface area contributed by atoms with Crippen molar-refractivity contribution in [2.75, 3.05) is 13.2 Å². The van der Waals surface area contributed by atoms with Gasteiger partial charge >= 0.3 is 6.03 Å². The van der Waals surface area contributed by atoms with Gasteiger partial charge in [0.2, 0.25) is 5.91 Å². The molecule has 0 unspecified atom stereocenters. The van der Waals surface area contributed by atoms with Crippen molar-refractivity contribution >= 4 is 11.9 Å². The summed E-state index contributed by atoms with van der Waals surface area (Å²) in [5.41, 5.74) is 2.37. The Kier molecular flexibility index (Phi) is 3.24. The molecule has 3 amide bonds. The molecule has 0 saturated carbocycles. The van der Waals surface area contributed by atoms with Crippen LogP contribution in [0.3, 0.4) is 0 Å². The van der Waals surface area contributed by atoms with E-state index in [0.29, 0.717) is 0 Å². The van der Waals surface area contributed by atoms with Crippen molar-refractivity contribution in [3.05, 3.63) is 0 Å². The quantitative estimate of drug-likeness (QED) is 0.429. The van der Waals surface area contributed by atoms with Gasteiger partial charge in [-0.1, -0.05) is 0 Å². The van der Waals surface area contributed by atoms with Gasteiger partial charge in [0.15, 0.2) is 12.4 Å². The zero-order valence-electron chi connectivity index (χ0n) is 8.67. The van der Waals surface area contributed by atoms with Crippen molar-refractivity contribution in [2.45, 2.75) is 24.6 Å². The number of nitrogens with one attached hydrogen (secondary N) is 2. The second-order valence-electron chi connectivity index (χ2n) is 3.74. The van der Waals surface area contributed by atoms with E-state index in [-0.39, 0.29) is 6.54 Å². The SMILES string of the molecule is O=C1CNN([C@@H]2O[C@H](CO)[C@@H](O)[C@@H]2F)C(=O)N1. The van der Waals surface area contributed by atoms with Crippen LogP contribution in [0.4, 0.5) is 9.18 Å². The van der Waals surface area contributed by atoms with Gasteiger partial charge in [-0.15, -0.1) is 0 Å². The Morgan fingerprint density at radius 3 is 2.76 bits per heavy atom. The summed E-state index contributed by atoms with van der Waals surface area (Å²) in [5, 5.41) is 20.9. The summed E-state index contributed by atoms with van der Waals surface area (Å²) in [7, 11) is 0. The number of ether oxygens (including phenoxy) is 1. The smallest absolute Gasteiger partial charge is 0.340 e. The van der Waals surface area contributed by atoms with Gasteiger partial charge in [0.1, 0.15) is 12.2 Å². The van der Waals surface area contributed by atoms with Crippen LogP contribution >= 0.6 is 0 Å². The number of rotatable bonds is 2. The van der Waals surface area contributed by atoms with Gasteiger partial charge in [0.05, 0.1) is 13.2 Å². The number of aliphatic hydroxyl groups excluding tert-OH is 2. The van der Waals surface area contributed by atoms with E-state index in [0.717, 1.165) is 5.01 Å². The highest BCUT2D eigenvalue weighted by atomic mass is 19.1. The second kappa shape index (κ2) is 4.53. The number of halogens is 1. The van der Waals surface area contributed by atoms with Crippen LogP contribution in [0.2, 0.25) is 0 Å². The van der Waals surface area contributed by atoms with E-state index in [2.05, 4.69) is 5.43 Å². The summed E-state index contributed by atoms with van der Waals surface area (Å²) in [6.07, 6.45) is -5.85. The third kappa shape index (κ3) is 2.09. The van der Waals surface area contributed by atoms with Gasteiger partial charge in [0.25, 0.3) is 0 Å². The van der Waals surface area contributed by atoms with Gasteiger partial charge in [-0.2, -0.15) is 0 Å². The Morgan fingerprint density at radius 1 is 1.53 bits per heavy atom. The van der Waals surface area contributed by atoms with E-state index in [1.165, 1.54) is 0 Å². The lowest BCUT2D eigenvalue weighted by atomic mass is 10.1. The maximum Gasteiger partial charge on any atom is 0.340 e. The van der Waals surface area contributed by atoms with Crippen LogP contribution in [-0.4, -0.2) is 64.9 Å². The number of hydrazine groups is 1. The van der Waals surface area contributed by atoms with Crippen LogP contribution in [0.25, 0.3) is 0 Å². The van der Waals surface area contributed by atoms with Crippen LogP contribution in [0.15, 0.2) is 0 Å². The molecule has 2 aliphatic heterocycles. The van der Waals surface area contributed by atoms with Crippen LogP contribution in [0.1, 0.15) is 0 Å². The van der Waals surface area contributed by atoms with Crippen LogP contribution in [0, 0.1) is 0 Å². The molecule has 0 spiro atoms. The number of amides is 3. The molecule has 4 atom stereocenters. The molecular weight excluding hydrogens is 237 g/mol. The molecule has 9 heteroatoms. The number of carbonyl (C=O) groups excluding carboxylic acids is 2. The number of imide groups is 1. The average molecular weight is 249 g/mol. The minimum atomic E-state index is -1.86. The minimum absolute atomic E-state index is 0.196. The normalized spacial score (nSPS) is 38.4. The van der Waals surface area contributed by atoms with Crippen molar-refractivity contribution in [3.8, 4) is 0 Å². The summed E-state index contributed by atoms with van der Waals surface area (Å²) < 4.78 is 18.6. The summed E-state index contributed by atoms with van der Waals surface area (Å²) in [6, 6.07) is -0.861. The van der Waals surface area contributed by atoms with E-state index >= 15 is 0 Å². The zero-order valence-corrected chi connectivity index (χ0v) is 8.67. The monoisotopic (exact) mass is 249 g/mol. The zero-order chi connectivity index (χ0) is 12.6. The largest absolute Gasteiger partial charge is 0.394 e. The molecule has 17 heavy (non-hydrogen) atoms. The predicted molar refractivity (Wildman–Crippen MR) is 50.0 cm³/mol. The molecule has 2 fully saturated rings. The third-order valence-electron chi connectivity index (χ3n) is 2.60. The summed E-state index contributed by atoms with van der Waals surface area (Å²) in [4.78, 5) is 22.2. The third-order valence-corrected chi connectivity index (χ3v) is 2.60. The summed E-state index contributed by atoms with van der Waals surface area (Å²) in [5.74, 6) is -0.543. The Morgan fingerprint density at radius 2 is 2.24 bits per heavy atom. The highest BCUT2D eigenvalue weighted by Crippen LogP contribution is 2.26. The van der Waals surface area contributed by atoms with Gasteiger partial charge in [0, 0.05) is 0 Å². The lowest BCUT2D eigenvalue weighted by Crippen LogP contribution is -2.63. The van der Waals surface area contributed by atoms with Crippen molar-refractivity contribution < 1.29 is 28.9 Å². The Bertz CT molecular complexity index is 341. The lowest BCUT2D eigenvalue weighted by molar-refractivity contribution is -0.127. The molecule has 2 aliphatic rings. The lowest BCUT2D eigenvalue weighted by Gasteiger charge is -2.32. The van der Waals surface area contributed by atoms with E-state index in [9.17, 15) is 19.1 Å². The summed E-state index contributed by atoms with van der Waals surface area (Å²) in [6.45, 7) is -0.759. The molecule has 0 aliphatic carbocycles. The maximum atomic E-state index is 13.6. The molecule has 0 aromatic carbocycles. The predicted octanol–water partition coefficient (Wildman–Crippen LogP) is -2.54. The first-order valence-electron chi connectivity index (χ1n) is 4.99. The standard InChI is InChI=1S/C8H12FN3O5/c9-5-6(15)3(2-13)17-7(5)12-8(16)11-4(14)1-10-12/h3,5-7,10,13,15H,1-2H2,(H,11,14,16)/t3-,5+,6-,7-/m1/s1. The molecule has 0 aromatic rings. The fourth-order valence-electron chi connectivity index (χ4n) is 1.72. The molecule has 0 bridgehead atoms. The van der Waals surface area contributed by atoms with Gasteiger partial charge in [-0.3, -0.25) is 10.1 Å². The highest BCUT2D eigenvalue weighted by Gasteiger charge is 2.49. The number of alkyl halides is 1. The maximum absolute atomic E-state index is 13.6.